The van der Waals surface area contributed by atoms with Crippen LogP contribution in [-0.4, -0.2) is 38.7 Å². The van der Waals surface area contributed by atoms with Crippen LogP contribution < -0.4 is 21.1 Å². The van der Waals surface area contributed by atoms with Crippen LogP contribution in [0.25, 0.3) is 0 Å². The lowest BCUT2D eigenvalue weighted by Gasteiger charge is -2.26. The molecule has 2 aromatic rings. The Morgan fingerprint density at radius 2 is 1.74 bits per heavy atom. The normalized spacial score (nSPS) is 17.4. The number of amides is 1. The molecule has 1 saturated heterocycles. The summed E-state index contributed by atoms with van der Waals surface area (Å²) in [4.78, 5) is 26.8. The van der Waals surface area contributed by atoms with E-state index in [1.165, 1.54) is 12.1 Å². The van der Waals surface area contributed by atoms with Gasteiger partial charge in [0, 0.05) is 6.54 Å². The third-order valence-electron chi connectivity index (χ3n) is 5.90. The molecule has 1 amide bonds. The maximum Gasteiger partial charge on any atom is 0.241 e. The summed E-state index contributed by atoms with van der Waals surface area (Å²) in [5.74, 6) is -0.628. The first-order valence-electron chi connectivity index (χ1n) is 11.6. The van der Waals surface area contributed by atoms with Crippen LogP contribution in [0.1, 0.15) is 50.3 Å². The molecule has 8 nitrogen and oxygen atoms in total. The van der Waals surface area contributed by atoms with Crippen molar-refractivity contribution in [2.24, 2.45) is 11.7 Å². The van der Waals surface area contributed by atoms with Crippen molar-refractivity contribution < 1.29 is 18.0 Å². The minimum absolute atomic E-state index is 0. The van der Waals surface area contributed by atoms with Crippen molar-refractivity contribution in [3.05, 3.63) is 65.7 Å². The van der Waals surface area contributed by atoms with Gasteiger partial charge in [-0.2, -0.15) is 4.72 Å². The monoisotopic (exact) mass is 522 g/mol. The highest BCUT2D eigenvalue weighted by Crippen LogP contribution is 2.21. The molecule has 10 heteroatoms. The molecule has 0 radical (unpaired) electrons. The van der Waals surface area contributed by atoms with E-state index in [0.29, 0.717) is 18.5 Å². The Morgan fingerprint density at radius 3 is 2.29 bits per heavy atom. The molecule has 35 heavy (non-hydrogen) atoms. The molecule has 192 valence electrons. The lowest BCUT2D eigenvalue weighted by molar-refractivity contribution is -0.130. The number of nitrogens with two attached hydrogens (primary N) is 1. The second-order valence-electron chi connectivity index (χ2n) is 9.06. The van der Waals surface area contributed by atoms with E-state index in [1.54, 1.807) is 30.3 Å². The number of benzene rings is 2. The molecule has 0 saturated carbocycles. The van der Waals surface area contributed by atoms with Crippen molar-refractivity contribution in [1.82, 2.24) is 15.4 Å². The van der Waals surface area contributed by atoms with E-state index in [0.717, 1.165) is 18.5 Å². The Labute approximate surface area is 213 Å². The molecule has 0 aliphatic carbocycles. The molecule has 2 aromatic carbocycles. The SMILES string of the molecule is CC(C)C[C@@H](NS(=O)(=O)c1ccccc1)C(=O)NC(C(=O)[C@@H]1CCCN1)c1ccc(CN)cc1.Cl. The number of hydrogen-bond donors (Lipinski definition) is 4. The van der Waals surface area contributed by atoms with Crippen molar-refractivity contribution in [3.8, 4) is 0 Å². The summed E-state index contributed by atoms with van der Waals surface area (Å²) in [5, 5.41) is 6.03. The van der Waals surface area contributed by atoms with E-state index in [-0.39, 0.29) is 41.5 Å². The molecule has 0 bridgehead atoms. The number of nitrogens with one attached hydrogen (secondary N) is 3. The second-order valence-corrected chi connectivity index (χ2v) is 10.8. The molecule has 1 aliphatic rings. The number of ketones is 1. The first kappa shape index (κ1) is 28.9. The van der Waals surface area contributed by atoms with Crippen molar-refractivity contribution in [3.63, 3.8) is 0 Å². The zero-order valence-corrected chi connectivity index (χ0v) is 21.7. The highest BCUT2D eigenvalue weighted by Gasteiger charge is 2.34. The zero-order valence-electron chi connectivity index (χ0n) is 20.1. The van der Waals surface area contributed by atoms with Crippen molar-refractivity contribution in [1.29, 1.82) is 0 Å². The molecule has 1 unspecified atom stereocenters. The maximum absolute atomic E-state index is 13.4. The van der Waals surface area contributed by atoms with Crippen LogP contribution in [0.3, 0.4) is 0 Å². The summed E-state index contributed by atoms with van der Waals surface area (Å²) in [5.41, 5.74) is 7.25. The summed E-state index contributed by atoms with van der Waals surface area (Å²) >= 11 is 0. The zero-order chi connectivity index (χ0) is 24.7. The van der Waals surface area contributed by atoms with Crippen LogP contribution >= 0.6 is 12.4 Å². The van der Waals surface area contributed by atoms with Crippen LogP contribution in [0.2, 0.25) is 0 Å². The van der Waals surface area contributed by atoms with Crippen LogP contribution in [0, 0.1) is 5.92 Å². The number of Topliss-reactive ketones (excluding diaryl/α,β-unsaturated/α-hetero) is 1. The summed E-state index contributed by atoms with van der Waals surface area (Å²) < 4.78 is 28.4. The average molecular weight is 523 g/mol. The number of rotatable bonds is 11. The van der Waals surface area contributed by atoms with Gasteiger partial charge in [-0.05, 0) is 55.0 Å². The molecule has 1 heterocycles. The highest BCUT2D eigenvalue weighted by molar-refractivity contribution is 7.89. The van der Waals surface area contributed by atoms with Gasteiger partial charge in [0.1, 0.15) is 12.1 Å². The fourth-order valence-corrected chi connectivity index (χ4v) is 5.30. The largest absolute Gasteiger partial charge is 0.341 e. The first-order valence-corrected chi connectivity index (χ1v) is 13.1. The van der Waals surface area contributed by atoms with Crippen LogP contribution in [0.15, 0.2) is 59.5 Å². The van der Waals surface area contributed by atoms with Gasteiger partial charge >= 0.3 is 0 Å². The summed E-state index contributed by atoms with van der Waals surface area (Å²) in [6.07, 6.45) is 1.87. The molecule has 1 fully saturated rings. The Kier molecular flexibility index (Phi) is 10.9. The van der Waals surface area contributed by atoms with E-state index in [2.05, 4.69) is 15.4 Å². The third kappa shape index (κ3) is 7.85. The Bertz CT molecular complexity index is 1070. The van der Waals surface area contributed by atoms with Gasteiger partial charge in [-0.25, -0.2) is 8.42 Å². The Hall–Kier alpha value is -2.30. The van der Waals surface area contributed by atoms with Crippen LogP contribution in [0.4, 0.5) is 0 Å². The van der Waals surface area contributed by atoms with E-state index in [4.69, 9.17) is 5.73 Å². The predicted octanol–water partition coefficient (Wildman–Crippen LogP) is 2.44. The standard InChI is InChI=1S/C25H34N4O4S.ClH/c1-17(2)15-22(29-34(32,33)20-7-4-3-5-8-20)25(31)28-23(24(30)21-9-6-14-27-21)19-12-10-18(16-26)11-13-19;/h3-5,7-8,10-13,17,21-23,27,29H,6,9,14-16,26H2,1-2H3,(H,28,31);1H/t21-,22+,23?;/m0./s1. The molecule has 0 aromatic heterocycles. The average Bonchev–Trinajstić information content (AvgIpc) is 3.37. The third-order valence-corrected chi connectivity index (χ3v) is 7.39. The topological polar surface area (TPSA) is 130 Å². The Balaban J connectivity index is 0.00000432. The number of carbonyl (C=O) groups is 2. The van der Waals surface area contributed by atoms with E-state index in [9.17, 15) is 18.0 Å². The maximum atomic E-state index is 13.4. The summed E-state index contributed by atoms with van der Waals surface area (Å²) in [6.45, 7) is 4.94. The number of halogens is 1. The van der Waals surface area contributed by atoms with Gasteiger partial charge < -0.3 is 16.4 Å². The molecule has 3 atom stereocenters. The number of hydrogen-bond acceptors (Lipinski definition) is 6. The first-order chi connectivity index (χ1) is 16.2. The van der Waals surface area contributed by atoms with E-state index < -0.39 is 28.0 Å². The lowest BCUT2D eigenvalue weighted by Crippen LogP contribution is -2.51. The molecule has 5 N–H and O–H groups in total. The van der Waals surface area contributed by atoms with Crippen molar-refractivity contribution in [2.45, 2.75) is 62.7 Å². The second kappa shape index (κ2) is 13.1. The molecule has 1 aliphatic heterocycles. The van der Waals surface area contributed by atoms with Crippen LogP contribution in [-0.2, 0) is 26.2 Å². The minimum Gasteiger partial charge on any atom is -0.341 e. The molecular weight excluding hydrogens is 488 g/mol. The predicted molar refractivity (Wildman–Crippen MR) is 139 cm³/mol. The van der Waals surface area contributed by atoms with Gasteiger partial charge in [0.2, 0.25) is 15.9 Å². The molecule has 3 rings (SSSR count). The van der Waals surface area contributed by atoms with Gasteiger partial charge in [0.15, 0.2) is 5.78 Å². The van der Waals surface area contributed by atoms with Crippen molar-refractivity contribution >= 4 is 34.1 Å². The summed E-state index contributed by atoms with van der Waals surface area (Å²) in [6, 6.07) is 12.9. The molecular formula is C25H35ClN4O4S. The number of carbonyl (C=O) groups excluding carboxylic acids is 2. The fraction of sp³-hybridized carbons (Fsp3) is 0.440. The molecule has 0 spiro atoms. The smallest absolute Gasteiger partial charge is 0.241 e. The van der Waals surface area contributed by atoms with Gasteiger partial charge in [-0.1, -0.05) is 56.3 Å². The van der Waals surface area contributed by atoms with Gasteiger partial charge in [-0.15, -0.1) is 12.4 Å². The number of sulfonamides is 1. The lowest BCUT2D eigenvalue weighted by atomic mass is 9.95. The minimum atomic E-state index is -3.92. The van der Waals surface area contributed by atoms with Crippen LogP contribution in [0.5, 0.6) is 0 Å². The fourth-order valence-electron chi connectivity index (χ4n) is 4.07. The highest BCUT2D eigenvalue weighted by atomic mass is 35.5. The van der Waals surface area contributed by atoms with E-state index in [1.807, 2.05) is 26.0 Å². The van der Waals surface area contributed by atoms with Crippen molar-refractivity contribution in [2.75, 3.05) is 6.54 Å². The Morgan fingerprint density at radius 1 is 1.09 bits per heavy atom. The van der Waals surface area contributed by atoms with E-state index >= 15 is 0 Å². The quantitative estimate of drug-likeness (QED) is 0.358. The van der Waals surface area contributed by atoms with Gasteiger partial charge in [0.05, 0.1) is 10.9 Å². The van der Waals surface area contributed by atoms with Gasteiger partial charge in [-0.3, -0.25) is 9.59 Å². The van der Waals surface area contributed by atoms with Gasteiger partial charge in [0.25, 0.3) is 0 Å². The summed E-state index contributed by atoms with van der Waals surface area (Å²) in [7, 11) is -3.92.